The molecule has 1 saturated carbocycles. The Morgan fingerprint density at radius 2 is 1.59 bits per heavy atom. The second-order valence-electron chi connectivity index (χ2n) is 10.0. The molecule has 1 aromatic rings. The molecule has 0 N–H and O–H groups in total. The molecule has 190 valence electrons. The number of unbranched alkanes of at least 4 members (excludes halogenated alkanes) is 10. The van der Waals surface area contributed by atoms with Gasteiger partial charge in [-0.25, -0.2) is 9.78 Å². The zero-order valence-electron chi connectivity index (χ0n) is 21.7. The first kappa shape index (κ1) is 28.1. The summed E-state index contributed by atoms with van der Waals surface area (Å²) in [5, 5.41) is 9.77. The van der Waals surface area contributed by atoms with E-state index in [-0.39, 0.29) is 17.5 Å². The molecule has 0 radical (unpaired) electrons. The Morgan fingerprint density at radius 1 is 0.971 bits per heavy atom. The first-order chi connectivity index (χ1) is 16.6. The van der Waals surface area contributed by atoms with Crippen molar-refractivity contribution >= 4 is 5.97 Å². The summed E-state index contributed by atoms with van der Waals surface area (Å²) < 4.78 is 11.5. The summed E-state index contributed by atoms with van der Waals surface area (Å²) in [5.74, 6) is 0.311. The molecule has 0 atom stereocenters. The predicted molar refractivity (Wildman–Crippen MR) is 137 cm³/mol. The number of ether oxygens (including phenoxy) is 2. The van der Waals surface area contributed by atoms with Crippen molar-refractivity contribution in [3.8, 4) is 11.8 Å². The number of rotatable bonds is 17. The summed E-state index contributed by atoms with van der Waals surface area (Å²) in [6.45, 7) is 5.13. The maximum atomic E-state index is 12.5. The minimum absolute atomic E-state index is 0.121. The van der Waals surface area contributed by atoms with Gasteiger partial charge in [-0.3, -0.25) is 0 Å². The van der Waals surface area contributed by atoms with E-state index in [1.807, 2.05) is 0 Å². The van der Waals surface area contributed by atoms with E-state index >= 15 is 0 Å². The molecule has 0 saturated heterocycles. The molecule has 2 rings (SSSR count). The monoisotopic (exact) mass is 470 g/mol. The summed E-state index contributed by atoms with van der Waals surface area (Å²) in [7, 11) is 0. The minimum atomic E-state index is -0.382. The van der Waals surface area contributed by atoms with Crippen molar-refractivity contribution in [1.29, 1.82) is 5.26 Å². The third kappa shape index (κ3) is 10.5. The van der Waals surface area contributed by atoms with Crippen molar-refractivity contribution in [2.45, 2.75) is 129 Å². The van der Waals surface area contributed by atoms with Crippen molar-refractivity contribution in [2.24, 2.45) is 5.41 Å². The van der Waals surface area contributed by atoms with Gasteiger partial charge in [-0.15, -0.1) is 0 Å². The van der Waals surface area contributed by atoms with Gasteiger partial charge in [0.25, 0.3) is 0 Å². The number of nitriles is 1. The molecule has 1 heterocycles. The van der Waals surface area contributed by atoms with E-state index in [2.05, 4.69) is 24.9 Å². The maximum Gasteiger partial charge on any atom is 0.357 e. The normalized spacial score (nSPS) is 20.0. The molecule has 1 aliphatic carbocycles. The van der Waals surface area contributed by atoms with Crippen LogP contribution in [0.5, 0.6) is 5.75 Å². The lowest BCUT2D eigenvalue weighted by Gasteiger charge is -2.34. The van der Waals surface area contributed by atoms with Crippen LogP contribution in [0.2, 0.25) is 0 Å². The van der Waals surface area contributed by atoms with Crippen LogP contribution in [-0.4, -0.2) is 23.7 Å². The van der Waals surface area contributed by atoms with Crippen LogP contribution in [0, 0.1) is 16.7 Å². The summed E-state index contributed by atoms with van der Waals surface area (Å²) >= 11 is 0. The summed E-state index contributed by atoms with van der Waals surface area (Å²) in [6.07, 6.45) is 20.4. The van der Waals surface area contributed by atoms with Crippen molar-refractivity contribution in [3.63, 3.8) is 0 Å². The highest BCUT2D eigenvalue weighted by Crippen LogP contribution is 2.41. The van der Waals surface area contributed by atoms with E-state index in [1.54, 1.807) is 18.3 Å². The SMILES string of the molecule is CCCCCCCCCOc1ccc(C(=O)OC2CCC(C#N)(CCCCCCC)CC2)nc1. The summed E-state index contributed by atoms with van der Waals surface area (Å²) in [6, 6.07) is 6.07. The van der Waals surface area contributed by atoms with Crippen molar-refractivity contribution in [3.05, 3.63) is 24.0 Å². The molecule has 5 nitrogen and oxygen atoms in total. The van der Waals surface area contributed by atoms with Crippen molar-refractivity contribution in [1.82, 2.24) is 4.98 Å². The quantitative estimate of drug-likeness (QED) is 0.169. The van der Waals surface area contributed by atoms with Crippen LogP contribution in [0.25, 0.3) is 0 Å². The number of hydrogen-bond acceptors (Lipinski definition) is 5. The van der Waals surface area contributed by atoms with Gasteiger partial charge in [0.1, 0.15) is 17.5 Å². The van der Waals surface area contributed by atoms with Crippen LogP contribution in [-0.2, 0) is 4.74 Å². The van der Waals surface area contributed by atoms with Gasteiger partial charge in [0.05, 0.1) is 24.3 Å². The number of carbonyl (C=O) groups excluding carboxylic acids is 1. The Kier molecular flexibility index (Phi) is 13.7. The highest BCUT2D eigenvalue weighted by molar-refractivity contribution is 5.87. The fourth-order valence-electron chi connectivity index (χ4n) is 4.79. The minimum Gasteiger partial charge on any atom is -0.492 e. The smallest absolute Gasteiger partial charge is 0.357 e. The topological polar surface area (TPSA) is 72.2 Å². The Hall–Kier alpha value is -2.09. The number of pyridine rings is 1. The molecular weight excluding hydrogens is 424 g/mol. The molecule has 0 bridgehead atoms. The fourth-order valence-corrected chi connectivity index (χ4v) is 4.79. The van der Waals surface area contributed by atoms with Gasteiger partial charge in [-0.2, -0.15) is 5.26 Å². The van der Waals surface area contributed by atoms with Gasteiger partial charge >= 0.3 is 5.97 Å². The molecule has 1 fully saturated rings. The molecule has 0 unspecified atom stereocenters. The first-order valence-electron chi connectivity index (χ1n) is 13.8. The third-order valence-electron chi connectivity index (χ3n) is 7.12. The Bertz CT molecular complexity index is 718. The number of esters is 1. The lowest BCUT2D eigenvalue weighted by molar-refractivity contribution is 0.00985. The predicted octanol–water partition coefficient (Wildman–Crippen LogP) is 8.18. The van der Waals surface area contributed by atoms with Crippen LogP contribution >= 0.6 is 0 Å². The van der Waals surface area contributed by atoms with Crippen LogP contribution < -0.4 is 4.74 Å². The van der Waals surface area contributed by atoms with E-state index in [4.69, 9.17) is 9.47 Å². The number of hydrogen-bond donors (Lipinski definition) is 0. The van der Waals surface area contributed by atoms with Gasteiger partial charge in [0.15, 0.2) is 0 Å². The van der Waals surface area contributed by atoms with Gasteiger partial charge < -0.3 is 9.47 Å². The molecule has 0 amide bonds. The molecular formula is C29H46N2O3. The molecule has 0 aliphatic heterocycles. The zero-order valence-corrected chi connectivity index (χ0v) is 21.7. The van der Waals surface area contributed by atoms with Crippen LogP contribution in [0.3, 0.4) is 0 Å². The fraction of sp³-hybridized carbons (Fsp3) is 0.759. The van der Waals surface area contributed by atoms with E-state index in [0.29, 0.717) is 18.1 Å². The van der Waals surface area contributed by atoms with Crippen molar-refractivity contribution < 1.29 is 14.3 Å². The zero-order chi connectivity index (χ0) is 24.5. The van der Waals surface area contributed by atoms with Crippen LogP contribution in [0.4, 0.5) is 0 Å². The van der Waals surface area contributed by atoms with Crippen LogP contribution in [0.15, 0.2) is 18.3 Å². The van der Waals surface area contributed by atoms with Gasteiger partial charge in [-0.1, -0.05) is 84.5 Å². The highest BCUT2D eigenvalue weighted by atomic mass is 16.5. The Labute approximate surface area is 207 Å². The highest BCUT2D eigenvalue weighted by Gasteiger charge is 2.36. The molecule has 0 spiro atoms. The Morgan fingerprint density at radius 3 is 2.18 bits per heavy atom. The Balaban J connectivity index is 1.65. The van der Waals surface area contributed by atoms with Gasteiger partial charge in [-0.05, 0) is 50.7 Å². The van der Waals surface area contributed by atoms with Gasteiger partial charge in [0, 0.05) is 0 Å². The second kappa shape index (κ2) is 16.5. The number of nitrogens with zero attached hydrogens (tertiary/aromatic N) is 2. The second-order valence-corrected chi connectivity index (χ2v) is 10.0. The molecule has 1 aliphatic rings. The van der Waals surface area contributed by atoms with Crippen LogP contribution in [0.1, 0.15) is 133 Å². The van der Waals surface area contributed by atoms with Crippen molar-refractivity contribution in [2.75, 3.05) is 6.61 Å². The largest absolute Gasteiger partial charge is 0.492 e. The van der Waals surface area contributed by atoms with E-state index in [0.717, 1.165) is 44.9 Å². The molecule has 1 aromatic heterocycles. The third-order valence-corrected chi connectivity index (χ3v) is 7.12. The standard InChI is InChI=1S/C29H46N2O3/c1-3-5-7-9-10-12-14-22-33-26-15-16-27(31-23-26)28(32)34-25-17-20-29(24-30,21-18-25)19-13-11-8-6-4-2/h15-16,23,25H,3-14,17-22H2,1-2H3. The summed E-state index contributed by atoms with van der Waals surface area (Å²) in [4.78, 5) is 16.8. The van der Waals surface area contributed by atoms with E-state index in [1.165, 1.54) is 64.2 Å². The average molecular weight is 471 g/mol. The van der Waals surface area contributed by atoms with E-state index < -0.39 is 0 Å². The lowest BCUT2D eigenvalue weighted by Crippen LogP contribution is -2.31. The lowest BCUT2D eigenvalue weighted by atomic mass is 9.71. The molecule has 0 aromatic carbocycles. The summed E-state index contributed by atoms with van der Waals surface area (Å²) in [5.41, 5.74) is 0.0818. The number of aromatic nitrogens is 1. The molecule has 5 heteroatoms. The average Bonchev–Trinajstić information content (AvgIpc) is 2.87. The van der Waals surface area contributed by atoms with Gasteiger partial charge in [0.2, 0.25) is 0 Å². The first-order valence-corrected chi connectivity index (χ1v) is 13.8. The molecule has 34 heavy (non-hydrogen) atoms. The number of carbonyl (C=O) groups is 1. The maximum absolute atomic E-state index is 12.5. The van der Waals surface area contributed by atoms with E-state index in [9.17, 15) is 10.1 Å².